The molecule has 4 saturated carbocycles. The van der Waals surface area contributed by atoms with Crippen molar-refractivity contribution in [3.05, 3.63) is 0 Å². The summed E-state index contributed by atoms with van der Waals surface area (Å²) in [5.74, 6) is 3.37. The Kier molecular flexibility index (Phi) is 4.28. The second kappa shape index (κ2) is 5.88. The molecule has 0 aromatic carbocycles. The molecule has 0 saturated heterocycles. The van der Waals surface area contributed by atoms with Gasteiger partial charge in [0.25, 0.3) is 0 Å². The summed E-state index contributed by atoms with van der Waals surface area (Å²) in [5.41, 5.74) is -0.877. The first kappa shape index (κ1) is 15.3. The fraction of sp³-hybridized carbons (Fsp3) is 0.941. The second-order valence-electron chi connectivity index (χ2n) is 7.91. The van der Waals surface area contributed by atoms with Crippen molar-refractivity contribution in [2.45, 2.75) is 51.0 Å². The summed E-state index contributed by atoms with van der Waals surface area (Å²) in [5, 5.41) is 13.3. The van der Waals surface area contributed by atoms with Gasteiger partial charge in [-0.3, -0.25) is 4.79 Å². The molecule has 1 amide bonds. The molecule has 120 valence electrons. The summed E-state index contributed by atoms with van der Waals surface area (Å²) in [4.78, 5) is 12.6. The zero-order valence-corrected chi connectivity index (χ0v) is 13.3. The van der Waals surface area contributed by atoms with Crippen LogP contribution in [0.3, 0.4) is 0 Å². The molecule has 4 heteroatoms. The molecule has 1 unspecified atom stereocenters. The Morgan fingerprint density at radius 3 is 2.29 bits per heavy atom. The zero-order valence-electron chi connectivity index (χ0n) is 13.3. The maximum atomic E-state index is 12.6. The highest BCUT2D eigenvalue weighted by molar-refractivity contribution is 5.79. The first-order valence-electron chi connectivity index (χ1n) is 8.47. The number of hydrogen-bond donors (Lipinski definition) is 2. The summed E-state index contributed by atoms with van der Waals surface area (Å²) < 4.78 is 5.01. The van der Waals surface area contributed by atoms with E-state index in [4.69, 9.17) is 4.74 Å². The van der Waals surface area contributed by atoms with Crippen molar-refractivity contribution in [1.29, 1.82) is 0 Å². The van der Waals surface area contributed by atoms with Crippen LogP contribution in [0, 0.1) is 29.6 Å². The van der Waals surface area contributed by atoms with Gasteiger partial charge in [0, 0.05) is 32.6 Å². The van der Waals surface area contributed by atoms with E-state index in [1.807, 2.05) is 0 Å². The van der Waals surface area contributed by atoms with E-state index in [9.17, 15) is 9.90 Å². The minimum absolute atomic E-state index is 0.182. The van der Waals surface area contributed by atoms with Crippen molar-refractivity contribution in [3.63, 3.8) is 0 Å². The van der Waals surface area contributed by atoms with Crippen LogP contribution in [0.25, 0.3) is 0 Å². The fourth-order valence-corrected chi connectivity index (χ4v) is 5.16. The van der Waals surface area contributed by atoms with Gasteiger partial charge in [0.2, 0.25) is 5.91 Å². The molecule has 0 heterocycles. The number of nitrogens with one attached hydrogen (secondary N) is 1. The molecule has 0 aromatic heterocycles. The predicted molar refractivity (Wildman–Crippen MR) is 80.7 cm³/mol. The van der Waals surface area contributed by atoms with Gasteiger partial charge in [-0.05, 0) is 62.7 Å². The Bertz CT molecular complexity index is 365. The minimum Gasteiger partial charge on any atom is -0.388 e. The summed E-state index contributed by atoms with van der Waals surface area (Å²) in [6, 6.07) is 0. The quantitative estimate of drug-likeness (QED) is 0.787. The van der Waals surface area contributed by atoms with E-state index in [-0.39, 0.29) is 11.8 Å². The number of ether oxygens (including phenoxy) is 1. The molecule has 1 atom stereocenters. The molecule has 0 aliphatic heterocycles. The van der Waals surface area contributed by atoms with Crippen molar-refractivity contribution >= 4 is 5.91 Å². The van der Waals surface area contributed by atoms with Crippen LogP contribution in [0.1, 0.15) is 45.4 Å². The average molecular weight is 295 g/mol. The zero-order chi connectivity index (χ0) is 15.0. The van der Waals surface area contributed by atoms with Crippen LogP contribution in [0.5, 0.6) is 0 Å². The highest BCUT2D eigenvalue weighted by Crippen LogP contribution is 2.56. The Balaban J connectivity index is 1.54. The predicted octanol–water partition coefficient (Wildman–Crippen LogP) is 1.96. The number of methoxy groups -OCH3 is 1. The number of rotatable bonds is 6. The minimum atomic E-state index is -0.877. The summed E-state index contributed by atoms with van der Waals surface area (Å²) in [6.07, 6.45) is 6.98. The number of amides is 1. The van der Waals surface area contributed by atoms with Gasteiger partial charge in [0.05, 0.1) is 5.60 Å². The van der Waals surface area contributed by atoms with Crippen LogP contribution in [-0.4, -0.2) is 36.9 Å². The molecule has 0 radical (unpaired) electrons. The van der Waals surface area contributed by atoms with Crippen LogP contribution < -0.4 is 5.32 Å². The molecular weight excluding hydrogens is 266 g/mol. The number of hydrogen-bond acceptors (Lipinski definition) is 3. The Labute approximate surface area is 127 Å². The average Bonchev–Trinajstić information content (AvgIpc) is 2.42. The number of carbonyl (C=O) groups is 1. The van der Waals surface area contributed by atoms with Crippen LogP contribution in [-0.2, 0) is 9.53 Å². The van der Waals surface area contributed by atoms with Gasteiger partial charge in [-0.2, -0.15) is 0 Å². The van der Waals surface area contributed by atoms with Crippen LogP contribution in [0.15, 0.2) is 0 Å². The first-order valence-corrected chi connectivity index (χ1v) is 8.47. The molecule has 4 rings (SSSR count). The molecule has 4 aliphatic rings. The smallest absolute Gasteiger partial charge is 0.223 e. The topological polar surface area (TPSA) is 58.6 Å². The largest absolute Gasteiger partial charge is 0.388 e. The lowest BCUT2D eigenvalue weighted by molar-refractivity contribution is -0.139. The lowest BCUT2D eigenvalue weighted by Crippen LogP contribution is -2.52. The molecule has 4 nitrogen and oxygen atoms in total. The van der Waals surface area contributed by atoms with Gasteiger partial charge in [-0.15, -0.1) is 0 Å². The van der Waals surface area contributed by atoms with Crippen LogP contribution >= 0.6 is 0 Å². The molecule has 2 N–H and O–H groups in total. The Morgan fingerprint density at radius 1 is 1.19 bits per heavy atom. The van der Waals surface area contributed by atoms with E-state index < -0.39 is 5.60 Å². The Hall–Kier alpha value is -0.610. The van der Waals surface area contributed by atoms with E-state index in [1.54, 1.807) is 14.0 Å². The molecule has 21 heavy (non-hydrogen) atoms. The third-order valence-corrected chi connectivity index (χ3v) is 6.02. The number of aliphatic hydroxyl groups is 1. The van der Waals surface area contributed by atoms with Crippen molar-refractivity contribution < 1.29 is 14.6 Å². The molecule has 4 aliphatic carbocycles. The van der Waals surface area contributed by atoms with E-state index in [0.717, 1.165) is 11.8 Å². The van der Waals surface area contributed by atoms with Crippen molar-refractivity contribution in [3.8, 4) is 0 Å². The van der Waals surface area contributed by atoms with Gasteiger partial charge < -0.3 is 15.2 Å². The monoisotopic (exact) mass is 295 g/mol. The van der Waals surface area contributed by atoms with Gasteiger partial charge in [-0.25, -0.2) is 0 Å². The van der Waals surface area contributed by atoms with Crippen molar-refractivity contribution in [2.24, 2.45) is 29.6 Å². The van der Waals surface area contributed by atoms with Crippen LogP contribution in [0.4, 0.5) is 0 Å². The fourth-order valence-electron chi connectivity index (χ4n) is 5.16. The van der Waals surface area contributed by atoms with Gasteiger partial charge >= 0.3 is 0 Å². The standard InChI is InChI=1S/C17H29NO3/c1-17(20,3-4-21-2)10-18-16(19)15-13-6-11-5-12(8-13)9-14(15)7-11/h11-15,20H,3-10H2,1-2H3,(H,18,19). The van der Waals surface area contributed by atoms with E-state index in [1.165, 1.54) is 32.1 Å². The summed E-state index contributed by atoms with van der Waals surface area (Å²) in [7, 11) is 1.63. The molecule has 4 fully saturated rings. The highest BCUT2D eigenvalue weighted by Gasteiger charge is 2.50. The maximum absolute atomic E-state index is 12.6. The third kappa shape index (κ3) is 3.26. The van der Waals surface area contributed by atoms with Gasteiger partial charge in [0.1, 0.15) is 0 Å². The van der Waals surface area contributed by atoms with E-state index in [2.05, 4.69) is 5.32 Å². The molecule has 0 aromatic rings. The molecule has 0 spiro atoms. The van der Waals surface area contributed by atoms with Crippen molar-refractivity contribution in [2.75, 3.05) is 20.3 Å². The summed E-state index contributed by atoms with van der Waals surface area (Å²) >= 11 is 0. The van der Waals surface area contributed by atoms with Crippen molar-refractivity contribution in [1.82, 2.24) is 5.32 Å². The second-order valence-corrected chi connectivity index (χ2v) is 7.91. The summed E-state index contributed by atoms with van der Waals surface area (Å²) in [6.45, 7) is 2.61. The van der Waals surface area contributed by atoms with E-state index in [0.29, 0.717) is 31.4 Å². The molecule has 4 bridgehead atoms. The Morgan fingerprint density at radius 2 is 1.76 bits per heavy atom. The number of carbonyl (C=O) groups excluding carboxylic acids is 1. The highest BCUT2D eigenvalue weighted by atomic mass is 16.5. The SMILES string of the molecule is COCCC(C)(O)CNC(=O)C1C2CC3CC(C2)CC1C3. The normalized spacial score (nSPS) is 40.0. The third-order valence-electron chi connectivity index (χ3n) is 6.02. The lowest BCUT2D eigenvalue weighted by Gasteiger charge is -2.53. The molecular formula is C17H29NO3. The van der Waals surface area contributed by atoms with Crippen LogP contribution in [0.2, 0.25) is 0 Å². The van der Waals surface area contributed by atoms with E-state index >= 15 is 0 Å². The lowest BCUT2D eigenvalue weighted by atomic mass is 9.51. The van der Waals surface area contributed by atoms with Gasteiger partial charge in [-0.1, -0.05) is 0 Å². The van der Waals surface area contributed by atoms with Gasteiger partial charge in [0.15, 0.2) is 0 Å². The first-order chi connectivity index (χ1) is 9.98. The maximum Gasteiger partial charge on any atom is 0.223 e.